The third-order valence-corrected chi connectivity index (χ3v) is 23.2. The molecule has 10 amide bonds. The predicted octanol–water partition coefficient (Wildman–Crippen LogP) is -1.25. The molecule has 56 heteroatoms. The van der Waals surface area contributed by atoms with Crippen LogP contribution >= 0.6 is 0 Å². The Morgan fingerprint density at radius 3 is 1.03 bits per heavy atom. The highest BCUT2D eigenvalue weighted by Crippen LogP contribution is 2.31. The van der Waals surface area contributed by atoms with Crippen molar-refractivity contribution in [3.63, 3.8) is 0 Å². The molecule has 5 unspecified atom stereocenters. The van der Waals surface area contributed by atoms with Gasteiger partial charge < -0.3 is 35.2 Å². The van der Waals surface area contributed by atoms with E-state index in [1.807, 2.05) is 30.3 Å². The fraction of sp³-hybridized carbons (Fsp3) is 0.320. The number of benzene rings is 1. The number of anilines is 6. The first-order valence-corrected chi connectivity index (χ1v) is 47.4. The number of nitrogens with zero attached hydrogens (tertiary/aromatic N) is 22. The monoisotopic (exact) mass is 1900 g/mol. The Bertz CT molecular complexity index is 7070. The molecule has 49 nitrogen and oxygen atoms in total. The standard InChI is InChI=1S/C17H14N6O3S.C15H15FN6O4S.C15H15FN6O3S.C14H16N6O5S.C14H16N6O4S/c1-27(26)17-21-14-11(7-10-8-13(24)20-15(10)25)9-18-23(14)16(22-17)19-12-5-3-2-4-6-12;1-27(25,26)14-19-12-9(4-8-5-11(23)18-13(8)24)6-17-22(12)15(20-14)21-3-2-10(16)7-21;1-26(25)14-19-12-9(4-8-5-11(23)18-13(8)24)6-17-22(12)15(20-14)21-3-2-10(16)7-21;1-25-4-3-15-13-19-14(26(2,23)24)18-11-9(7-16-20(11)13)5-8-6-10(21)17-12(8)22;1-24-4-3-15-13-19-14(25(2)23)18-11-9(7-16-20(11)13)5-8-6-10(21)17-12(8)22/h2-7,9H,8H2,1H3,(H,19,21,22)(H,20,24,25);4,6,10H,2-3,5,7H2,1H3,(H,18,23,24);4,6,10H,2-3,5,7H2,1H3,(H,18,23,24);5,7H,3-4,6H2,1-2H3,(H,15,18,19)(H,17,21,22);5,7H,3-4,6H2,1-2H3,(H,15,18,19)(H,17,21,22)/b10-7+;2*8-4+;2*8-5+. The highest BCUT2D eigenvalue weighted by molar-refractivity contribution is 7.90. The van der Waals surface area contributed by atoms with Gasteiger partial charge in [0.15, 0.2) is 28.2 Å². The van der Waals surface area contributed by atoms with Gasteiger partial charge in [0.25, 0.3) is 39.8 Å². The lowest BCUT2D eigenvalue weighted by Gasteiger charge is -2.17. The van der Waals surface area contributed by atoms with Crippen molar-refractivity contribution in [1.82, 2.24) is 124 Å². The second kappa shape index (κ2) is 39.2. The fourth-order valence-corrected chi connectivity index (χ4v) is 15.6. The summed E-state index contributed by atoms with van der Waals surface area (Å²) in [5.74, 6) is -2.81. The van der Waals surface area contributed by atoms with Gasteiger partial charge in [-0.1, -0.05) is 18.2 Å². The Hall–Kier alpha value is -14.5. The number of nitrogens with one attached hydrogen (secondary N) is 8. The molecule has 0 saturated carbocycles. The van der Waals surface area contributed by atoms with E-state index in [-0.39, 0.29) is 118 Å². The number of halogens is 2. The Morgan fingerprint density at radius 2 is 0.710 bits per heavy atom. The van der Waals surface area contributed by atoms with Crippen LogP contribution in [0.2, 0.25) is 0 Å². The number of imide groups is 5. The van der Waals surface area contributed by atoms with Crippen molar-refractivity contribution in [3.05, 3.63) is 117 Å². The van der Waals surface area contributed by atoms with Crippen molar-refractivity contribution in [2.75, 3.05) is 124 Å². The molecule has 1 aromatic carbocycles. The summed E-state index contributed by atoms with van der Waals surface area (Å²) < 4.78 is 128. The molecule has 0 bridgehead atoms. The maximum absolute atomic E-state index is 13.6. The zero-order valence-corrected chi connectivity index (χ0v) is 73.9. The van der Waals surface area contributed by atoms with Crippen molar-refractivity contribution in [3.8, 4) is 0 Å². The van der Waals surface area contributed by atoms with Gasteiger partial charge in [0.1, 0.15) is 12.3 Å². The molecule has 18 rings (SSSR count). The molecule has 8 N–H and O–H groups in total. The molecule has 0 aliphatic carbocycles. The van der Waals surface area contributed by atoms with Crippen molar-refractivity contribution in [1.29, 1.82) is 0 Å². The maximum Gasteiger partial charge on any atom is 0.254 e. The highest BCUT2D eigenvalue weighted by Gasteiger charge is 2.34. The van der Waals surface area contributed by atoms with E-state index in [1.165, 1.54) is 97.7 Å². The first-order valence-electron chi connectivity index (χ1n) is 38.9. The van der Waals surface area contributed by atoms with Gasteiger partial charge in [-0.25, -0.2) is 25.6 Å². The number of carbonyl (C=O) groups excluding carboxylic acids is 10. The average Bonchev–Trinajstić information content (AvgIpc) is 1.66. The number of aromatic nitrogens is 20. The Kier molecular flexibility index (Phi) is 27.7. The van der Waals surface area contributed by atoms with E-state index in [9.17, 15) is 86.2 Å². The van der Waals surface area contributed by atoms with E-state index in [2.05, 4.69) is 118 Å². The van der Waals surface area contributed by atoms with Crippen LogP contribution in [-0.4, -0.2) is 297 Å². The summed E-state index contributed by atoms with van der Waals surface area (Å²) in [6, 6.07) is 9.34. The SMILES string of the molecule is COCCNc1nc(S(C)(=O)=O)nc2c(/C=C3\CC(=O)NC3=O)cnn12.COCCNc1nc(S(C)=O)nc2c(/C=C3\CC(=O)NC3=O)cnn12.CS(=O)(=O)c1nc(N2CCC(F)C2)n2ncc(/C=C3\CC(=O)NC3=O)c2n1.CS(=O)c1nc(N2CCC(F)C2)n2ncc(/C=C3\CC(=O)NC3=O)c2n1.CS(=O)c1nc(Nc2ccccc2)n2ncc(/C=C3\CC(=O)NC3=O)c2n1. The lowest BCUT2D eigenvalue weighted by Crippen LogP contribution is -2.25. The molecule has 7 saturated heterocycles. The molecule has 11 aromatic rings. The fourth-order valence-electron chi connectivity index (χ4n) is 13.3. The number of sulfone groups is 2. The van der Waals surface area contributed by atoms with Crippen molar-refractivity contribution < 1.29 is 95.7 Å². The topological polar surface area (TPSA) is 627 Å². The summed E-state index contributed by atoms with van der Waals surface area (Å²) >= 11 is 0. The van der Waals surface area contributed by atoms with E-state index in [1.54, 1.807) is 29.1 Å². The molecule has 0 radical (unpaired) electrons. The third kappa shape index (κ3) is 21.6. The summed E-state index contributed by atoms with van der Waals surface area (Å²) in [5, 5.41) is 40.7. The number of hydrogen-bond acceptors (Lipinski definition) is 39. The molecule has 5 atom stereocenters. The normalized spacial score (nSPS) is 19.2. The second-order valence-corrected chi connectivity index (χ2v) is 36.9. The van der Waals surface area contributed by atoms with E-state index < -0.39 is 111 Å². The number of methoxy groups -OCH3 is 2. The first kappa shape index (κ1) is 92.7. The second-order valence-electron chi connectivity index (χ2n) is 29.3. The van der Waals surface area contributed by atoms with Gasteiger partial charge in [-0.15, -0.1) is 0 Å². The number of carbonyl (C=O) groups is 10. The van der Waals surface area contributed by atoms with Gasteiger partial charge >= 0.3 is 0 Å². The van der Waals surface area contributed by atoms with Crippen LogP contribution in [0.15, 0.2) is 115 Å². The van der Waals surface area contributed by atoms with Gasteiger partial charge in [-0.05, 0) is 55.4 Å². The van der Waals surface area contributed by atoms with Crippen LogP contribution in [0, 0.1) is 0 Å². The molecule has 7 fully saturated rings. The number of hydrogen-bond donors (Lipinski definition) is 8. The average molecular weight is 1900 g/mol. The molecular formula is C75H76F2N30O19S5. The predicted molar refractivity (Wildman–Crippen MR) is 460 cm³/mol. The molecule has 10 aromatic heterocycles. The Balaban J connectivity index is 0.000000132. The van der Waals surface area contributed by atoms with Crippen LogP contribution in [-0.2, 0) is 109 Å². The van der Waals surface area contributed by atoms with Gasteiger partial charge in [0, 0.05) is 133 Å². The molecular weight excluding hydrogens is 1820 g/mol. The summed E-state index contributed by atoms with van der Waals surface area (Å²) in [7, 11) is -8.58. The maximum atomic E-state index is 13.6. The van der Waals surface area contributed by atoms with Gasteiger partial charge in [-0.2, -0.15) is 97.9 Å². The van der Waals surface area contributed by atoms with Crippen LogP contribution in [0.4, 0.5) is 44.2 Å². The number of fused-ring (bicyclic) bond motifs is 5. The third-order valence-electron chi connectivity index (χ3n) is 19.4. The van der Waals surface area contributed by atoms with Crippen LogP contribution in [0.5, 0.6) is 0 Å². The summed E-state index contributed by atoms with van der Waals surface area (Å²) in [4.78, 5) is 161. The Morgan fingerprint density at radius 1 is 0.412 bits per heavy atom. The van der Waals surface area contributed by atoms with Crippen molar-refractivity contribution >= 4 is 205 Å². The van der Waals surface area contributed by atoms with Crippen LogP contribution in [0.25, 0.3) is 58.6 Å². The summed E-state index contributed by atoms with van der Waals surface area (Å²) in [6.07, 6.45) is 19.8. The van der Waals surface area contributed by atoms with Gasteiger partial charge in [0.2, 0.25) is 94.4 Å². The number of ether oxygens (including phenoxy) is 2. The smallest absolute Gasteiger partial charge is 0.254 e. The largest absolute Gasteiger partial charge is 0.383 e. The molecule has 17 heterocycles. The summed E-state index contributed by atoms with van der Waals surface area (Å²) in [6.45, 7) is 2.76. The van der Waals surface area contributed by atoms with E-state index in [0.29, 0.717) is 132 Å². The van der Waals surface area contributed by atoms with Crippen molar-refractivity contribution in [2.24, 2.45) is 0 Å². The molecule has 131 heavy (non-hydrogen) atoms. The lowest BCUT2D eigenvalue weighted by molar-refractivity contribution is -0.125. The van der Waals surface area contributed by atoms with E-state index >= 15 is 0 Å². The number of para-hydroxylation sites is 1. The minimum atomic E-state index is -3.74. The minimum absolute atomic E-state index is 0.00292. The quantitative estimate of drug-likeness (QED) is 0.0223. The molecule has 7 aliphatic rings. The zero-order valence-electron chi connectivity index (χ0n) is 69.8. The molecule has 684 valence electrons. The van der Waals surface area contributed by atoms with Gasteiger partial charge in [-0.3, -0.25) is 87.2 Å². The number of alkyl halides is 2. The summed E-state index contributed by atoms with van der Waals surface area (Å²) in [5.41, 5.74) is 5.98. The van der Waals surface area contributed by atoms with Crippen LogP contribution in [0.3, 0.4) is 0 Å². The molecule has 7 aliphatic heterocycles. The van der Waals surface area contributed by atoms with Crippen LogP contribution in [0.1, 0.15) is 72.8 Å². The van der Waals surface area contributed by atoms with E-state index in [4.69, 9.17) is 9.47 Å². The zero-order chi connectivity index (χ0) is 93.6. The minimum Gasteiger partial charge on any atom is -0.383 e. The lowest BCUT2D eigenvalue weighted by atomic mass is 10.1. The number of amides is 10. The van der Waals surface area contributed by atoms with Gasteiger partial charge in [0.05, 0.1) is 122 Å². The van der Waals surface area contributed by atoms with E-state index in [0.717, 1.165) is 18.2 Å². The first-order chi connectivity index (χ1) is 62.4. The number of rotatable bonds is 22. The molecule has 0 spiro atoms. The van der Waals surface area contributed by atoms with Crippen molar-refractivity contribution in [2.45, 2.75) is 83.1 Å². The van der Waals surface area contributed by atoms with Crippen LogP contribution < -0.4 is 52.3 Å². The highest BCUT2D eigenvalue weighted by atomic mass is 32.2. The Labute approximate surface area is 745 Å².